The molecule has 1 N–H and O–H groups in total. The summed E-state index contributed by atoms with van der Waals surface area (Å²) >= 11 is 0. The van der Waals surface area contributed by atoms with E-state index in [1.54, 1.807) is 0 Å². The highest BCUT2D eigenvalue weighted by atomic mass is 19.1. The average molecular weight is 251 g/mol. The van der Waals surface area contributed by atoms with Gasteiger partial charge in [-0.25, -0.2) is 4.39 Å². The predicted molar refractivity (Wildman–Crippen MR) is 67.0 cm³/mol. The van der Waals surface area contributed by atoms with Crippen LogP contribution >= 0.6 is 0 Å². The molecule has 0 aliphatic carbocycles. The first-order valence-corrected chi connectivity index (χ1v) is 6.31. The molecule has 0 saturated carbocycles. The van der Waals surface area contributed by atoms with E-state index in [0.29, 0.717) is 24.4 Å². The molecule has 0 amide bonds. The number of likely N-dealkylation sites (tertiary alicyclic amines) is 1. The molecule has 0 bridgehead atoms. The second kappa shape index (κ2) is 6.07. The van der Waals surface area contributed by atoms with Gasteiger partial charge in [0.05, 0.1) is 0 Å². The smallest absolute Gasteiger partial charge is 0.164 e. The van der Waals surface area contributed by atoms with Crippen molar-refractivity contribution < 1.29 is 14.3 Å². The van der Waals surface area contributed by atoms with Gasteiger partial charge in [0.1, 0.15) is 5.82 Å². The van der Waals surface area contributed by atoms with Gasteiger partial charge < -0.3 is 10.0 Å². The number of hydrogen-bond acceptors (Lipinski definition) is 3. The minimum absolute atomic E-state index is 0.0439. The summed E-state index contributed by atoms with van der Waals surface area (Å²) in [6.07, 6.45) is 1.45. The van der Waals surface area contributed by atoms with Gasteiger partial charge in [-0.15, -0.1) is 0 Å². The van der Waals surface area contributed by atoms with E-state index in [1.807, 2.05) is 0 Å². The second-order valence-electron chi connectivity index (χ2n) is 4.82. The van der Waals surface area contributed by atoms with Crippen molar-refractivity contribution in [3.63, 3.8) is 0 Å². The van der Waals surface area contributed by atoms with Crippen molar-refractivity contribution in [3.8, 4) is 0 Å². The van der Waals surface area contributed by atoms with E-state index in [9.17, 15) is 9.18 Å². The molecule has 1 unspecified atom stereocenters. The van der Waals surface area contributed by atoms with Crippen molar-refractivity contribution in [1.29, 1.82) is 0 Å². The van der Waals surface area contributed by atoms with Crippen LogP contribution in [0.25, 0.3) is 0 Å². The maximum atomic E-state index is 12.7. The van der Waals surface area contributed by atoms with Gasteiger partial charge >= 0.3 is 0 Å². The van der Waals surface area contributed by atoms with Crippen LogP contribution in [-0.4, -0.2) is 42.0 Å². The molecule has 1 aromatic rings. The quantitative estimate of drug-likeness (QED) is 0.810. The van der Waals surface area contributed by atoms with Crippen LogP contribution in [0.15, 0.2) is 24.3 Å². The Morgan fingerprint density at radius 3 is 2.72 bits per heavy atom. The highest BCUT2D eigenvalue weighted by Crippen LogP contribution is 2.16. The number of hydrogen-bond donors (Lipinski definition) is 1. The van der Waals surface area contributed by atoms with E-state index >= 15 is 0 Å². The molecule has 0 spiro atoms. The van der Waals surface area contributed by atoms with Gasteiger partial charge in [0.15, 0.2) is 5.78 Å². The van der Waals surface area contributed by atoms with Gasteiger partial charge in [-0.2, -0.15) is 0 Å². The summed E-state index contributed by atoms with van der Waals surface area (Å²) in [5.41, 5.74) is 0.564. The van der Waals surface area contributed by atoms with Crippen LogP contribution in [-0.2, 0) is 0 Å². The van der Waals surface area contributed by atoms with Crippen molar-refractivity contribution in [2.24, 2.45) is 5.92 Å². The van der Waals surface area contributed by atoms with Gasteiger partial charge in [-0.3, -0.25) is 4.79 Å². The third-order valence-electron chi connectivity index (χ3n) is 3.45. The van der Waals surface area contributed by atoms with Gasteiger partial charge in [-0.1, -0.05) is 0 Å². The molecule has 18 heavy (non-hydrogen) atoms. The Bertz CT molecular complexity index is 405. The number of ketones is 1. The van der Waals surface area contributed by atoms with Crippen molar-refractivity contribution in [3.05, 3.63) is 35.6 Å². The molecule has 0 aromatic heterocycles. The minimum atomic E-state index is -0.322. The Morgan fingerprint density at radius 1 is 1.39 bits per heavy atom. The van der Waals surface area contributed by atoms with Crippen LogP contribution in [0, 0.1) is 11.7 Å². The van der Waals surface area contributed by atoms with Crippen LogP contribution < -0.4 is 0 Å². The SMILES string of the molecule is O=C(CCN1CCC(CO)C1)c1ccc(F)cc1. The Hall–Kier alpha value is -1.26. The third-order valence-corrected chi connectivity index (χ3v) is 3.45. The van der Waals surface area contributed by atoms with Gasteiger partial charge in [0, 0.05) is 31.7 Å². The van der Waals surface area contributed by atoms with Crippen LogP contribution in [0.3, 0.4) is 0 Å². The number of aliphatic hydroxyl groups excluding tert-OH is 1. The van der Waals surface area contributed by atoms with Gasteiger partial charge in [0.2, 0.25) is 0 Å². The fraction of sp³-hybridized carbons (Fsp3) is 0.500. The third kappa shape index (κ3) is 3.37. The lowest BCUT2D eigenvalue weighted by Gasteiger charge is -2.14. The highest BCUT2D eigenvalue weighted by molar-refractivity contribution is 5.96. The van der Waals surface area contributed by atoms with Gasteiger partial charge in [0.25, 0.3) is 0 Å². The van der Waals surface area contributed by atoms with Crippen molar-refractivity contribution in [1.82, 2.24) is 4.90 Å². The maximum absolute atomic E-state index is 12.7. The normalized spacial score (nSPS) is 20.2. The predicted octanol–water partition coefficient (Wildman–Crippen LogP) is 1.71. The summed E-state index contributed by atoms with van der Waals surface area (Å²) in [5.74, 6) is 0.0743. The first kappa shape index (κ1) is 13.2. The monoisotopic (exact) mass is 251 g/mol. The minimum Gasteiger partial charge on any atom is -0.396 e. The molecule has 3 nitrogen and oxygen atoms in total. The zero-order valence-electron chi connectivity index (χ0n) is 10.3. The lowest BCUT2D eigenvalue weighted by molar-refractivity contribution is 0.0967. The van der Waals surface area contributed by atoms with Crippen LogP contribution in [0.2, 0.25) is 0 Å². The molecule has 4 heteroatoms. The summed E-state index contributed by atoms with van der Waals surface area (Å²) in [6, 6.07) is 5.67. The van der Waals surface area contributed by atoms with Gasteiger partial charge in [-0.05, 0) is 43.1 Å². The zero-order valence-corrected chi connectivity index (χ0v) is 10.3. The Labute approximate surface area is 106 Å². The second-order valence-corrected chi connectivity index (χ2v) is 4.82. The van der Waals surface area contributed by atoms with Crippen LogP contribution in [0.1, 0.15) is 23.2 Å². The summed E-state index contributed by atoms with van der Waals surface area (Å²) < 4.78 is 12.7. The number of Topliss-reactive ketones (excluding diaryl/α,β-unsaturated/α-hetero) is 1. The number of aliphatic hydroxyl groups is 1. The molecule has 1 aliphatic heterocycles. The standard InChI is InChI=1S/C14H18FNO2/c15-13-3-1-12(2-4-13)14(18)6-8-16-7-5-11(9-16)10-17/h1-4,11,17H,5-10H2. The molecule has 1 saturated heterocycles. The first-order valence-electron chi connectivity index (χ1n) is 6.31. The number of nitrogens with zero attached hydrogens (tertiary/aromatic N) is 1. The van der Waals surface area contributed by atoms with Crippen molar-refractivity contribution in [2.75, 3.05) is 26.2 Å². The van der Waals surface area contributed by atoms with E-state index in [4.69, 9.17) is 5.11 Å². The topological polar surface area (TPSA) is 40.5 Å². The number of carbonyl (C=O) groups is 1. The maximum Gasteiger partial charge on any atom is 0.164 e. The number of rotatable bonds is 5. The van der Waals surface area contributed by atoms with E-state index < -0.39 is 0 Å². The van der Waals surface area contributed by atoms with Crippen molar-refractivity contribution in [2.45, 2.75) is 12.8 Å². The van der Waals surface area contributed by atoms with E-state index in [0.717, 1.165) is 19.5 Å². The Kier molecular flexibility index (Phi) is 4.44. The summed E-state index contributed by atoms with van der Waals surface area (Å²) in [6.45, 7) is 2.75. The number of carbonyl (C=O) groups excluding carboxylic acids is 1. The lowest BCUT2D eigenvalue weighted by atomic mass is 10.1. The zero-order chi connectivity index (χ0) is 13.0. The first-order chi connectivity index (χ1) is 8.69. The molecule has 1 heterocycles. The average Bonchev–Trinajstić information content (AvgIpc) is 2.85. The molecule has 98 valence electrons. The molecule has 2 rings (SSSR count). The van der Waals surface area contributed by atoms with E-state index in [2.05, 4.69) is 4.90 Å². The highest BCUT2D eigenvalue weighted by Gasteiger charge is 2.21. The summed E-state index contributed by atoms with van der Waals surface area (Å²) in [4.78, 5) is 14.1. The van der Waals surface area contributed by atoms with Crippen molar-refractivity contribution >= 4 is 5.78 Å². The molecular weight excluding hydrogens is 233 g/mol. The Balaban J connectivity index is 1.80. The van der Waals surface area contributed by atoms with Crippen LogP contribution in [0.5, 0.6) is 0 Å². The summed E-state index contributed by atoms with van der Waals surface area (Å²) in [7, 11) is 0. The lowest BCUT2D eigenvalue weighted by Crippen LogP contribution is -2.24. The molecule has 1 atom stereocenters. The fourth-order valence-corrected chi connectivity index (χ4v) is 2.30. The molecule has 1 aromatic carbocycles. The molecule has 0 radical (unpaired) electrons. The van der Waals surface area contributed by atoms with E-state index in [1.165, 1.54) is 24.3 Å². The molecule has 1 aliphatic rings. The molecule has 1 fully saturated rings. The number of benzene rings is 1. The summed E-state index contributed by atoms with van der Waals surface area (Å²) in [5, 5.41) is 9.04. The number of halogens is 1. The largest absolute Gasteiger partial charge is 0.396 e. The Morgan fingerprint density at radius 2 is 2.11 bits per heavy atom. The van der Waals surface area contributed by atoms with Crippen LogP contribution in [0.4, 0.5) is 4.39 Å². The molecular formula is C14H18FNO2. The van der Waals surface area contributed by atoms with E-state index in [-0.39, 0.29) is 18.2 Å². The fourth-order valence-electron chi connectivity index (χ4n) is 2.30.